The van der Waals surface area contributed by atoms with Gasteiger partial charge in [-0.25, -0.2) is 4.79 Å². The number of carboxylic acid groups (broad SMARTS) is 1. The van der Waals surface area contributed by atoms with E-state index in [0.717, 1.165) is 30.4 Å². The van der Waals surface area contributed by atoms with Crippen molar-refractivity contribution in [1.82, 2.24) is 5.32 Å². The molecule has 2 N–H and O–H groups in total. The van der Waals surface area contributed by atoms with Gasteiger partial charge in [-0.2, -0.15) is 4.91 Å². The predicted molar refractivity (Wildman–Crippen MR) is 121 cm³/mol. The normalized spacial score (nSPS) is 24.4. The van der Waals surface area contributed by atoms with E-state index < -0.39 is 12.2 Å². The minimum Gasteiger partial charge on any atom is -0.482 e. The van der Waals surface area contributed by atoms with Crippen LogP contribution in [0.3, 0.4) is 0 Å². The number of nitroso groups, excluding NO2 is 1. The third-order valence-electron chi connectivity index (χ3n) is 6.92. The lowest BCUT2D eigenvalue weighted by Crippen LogP contribution is -2.33. The maximum atomic E-state index is 12.1. The molecule has 9 heteroatoms. The number of carbonyl (C=O) groups is 2. The van der Waals surface area contributed by atoms with Gasteiger partial charge in [-0.05, 0) is 80.5 Å². The van der Waals surface area contributed by atoms with Crippen LogP contribution in [0.4, 0.5) is 0 Å². The number of nitrogens with one attached hydrogen (secondary N) is 1. The molecular weight excluding hydrogens is 428 g/mol. The van der Waals surface area contributed by atoms with Crippen LogP contribution in [0.2, 0.25) is 0 Å². The lowest BCUT2D eigenvalue weighted by Gasteiger charge is -2.32. The Morgan fingerprint density at radius 1 is 1.30 bits per heavy atom. The lowest BCUT2D eigenvalue weighted by molar-refractivity contribution is -0.151. The molecule has 1 fully saturated rings. The number of hydrogen-bond acceptors (Lipinski definition) is 8. The Balaban J connectivity index is 1.63. The zero-order valence-corrected chi connectivity index (χ0v) is 19.3. The molecule has 182 valence electrons. The minimum absolute atomic E-state index is 0.118. The Labute approximate surface area is 194 Å². The highest BCUT2D eigenvalue weighted by molar-refractivity contribution is 5.69. The molecule has 3 rings (SSSR count). The summed E-state index contributed by atoms with van der Waals surface area (Å²) in [5, 5.41) is 15.5. The number of hydrogen-bond donors (Lipinski definition) is 2. The van der Waals surface area contributed by atoms with E-state index in [0.29, 0.717) is 49.9 Å². The standard InChI is InChI=1S/C24H34N2O7/c1-25-22(33-24(29)7-4-10-31-2)9-8-17-18-11-15-5-3-6-21(32-14-23(27)28)19(15)12-16(18)13-20(17)26-30/h3,5-6,16-18,20,22,25H,4,7-14H2,1-2H3,(H,27,28). The minimum atomic E-state index is -1.01. The Morgan fingerprint density at radius 2 is 2.12 bits per heavy atom. The molecule has 0 amide bonds. The SMILES string of the molecule is CNC(CCC1C(N=O)CC2Cc3c(cccc3OCC(=O)O)CC21)OC(=O)CCCOC. The number of carbonyl (C=O) groups excluding carboxylic acids is 1. The first kappa shape index (κ1) is 25.1. The molecule has 0 saturated heterocycles. The summed E-state index contributed by atoms with van der Waals surface area (Å²) >= 11 is 0. The Kier molecular flexibility index (Phi) is 9.20. The van der Waals surface area contributed by atoms with Crippen molar-refractivity contribution in [2.24, 2.45) is 22.9 Å². The van der Waals surface area contributed by atoms with E-state index in [4.69, 9.17) is 19.3 Å². The van der Waals surface area contributed by atoms with Crippen LogP contribution in [0.1, 0.15) is 43.2 Å². The lowest BCUT2D eigenvalue weighted by atomic mass is 9.73. The average molecular weight is 463 g/mol. The summed E-state index contributed by atoms with van der Waals surface area (Å²) in [6.45, 7) is 0.142. The molecule has 5 atom stereocenters. The molecule has 2 aliphatic carbocycles. The van der Waals surface area contributed by atoms with Crippen molar-refractivity contribution in [1.29, 1.82) is 0 Å². The van der Waals surface area contributed by atoms with Crippen molar-refractivity contribution in [3.05, 3.63) is 34.2 Å². The van der Waals surface area contributed by atoms with Gasteiger partial charge in [-0.1, -0.05) is 17.3 Å². The van der Waals surface area contributed by atoms with Gasteiger partial charge in [0, 0.05) is 20.1 Å². The van der Waals surface area contributed by atoms with Crippen LogP contribution in [-0.4, -0.2) is 56.7 Å². The van der Waals surface area contributed by atoms with E-state index in [1.165, 1.54) is 0 Å². The Bertz CT molecular complexity index is 831. The van der Waals surface area contributed by atoms with E-state index in [9.17, 15) is 14.5 Å². The largest absolute Gasteiger partial charge is 0.482 e. The molecule has 0 heterocycles. The summed E-state index contributed by atoms with van der Waals surface area (Å²) in [6.07, 6.45) is 4.14. The molecule has 0 radical (unpaired) electrons. The summed E-state index contributed by atoms with van der Waals surface area (Å²) in [4.78, 5) is 34.6. The van der Waals surface area contributed by atoms with Gasteiger partial charge in [0.05, 0.1) is 6.04 Å². The van der Waals surface area contributed by atoms with Gasteiger partial charge in [0.15, 0.2) is 12.8 Å². The zero-order chi connectivity index (χ0) is 23.8. The summed E-state index contributed by atoms with van der Waals surface area (Å²) in [5.74, 6) is 0.0664. The van der Waals surface area contributed by atoms with Crippen LogP contribution in [0.5, 0.6) is 5.75 Å². The average Bonchev–Trinajstić information content (AvgIpc) is 3.15. The number of rotatable bonds is 13. The van der Waals surface area contributed by atoms with Gasteiger partial charge in [-0.15, -0.1) is 0 Å². The van der Waals surface area contributed by atoms with Gasteiger partial charge >= 0.3 is 11.9 Å². The highest BCUT2D eigenvalue weighted by atomic mass is 16.6. The first-order valence-corrected chi connectivity index (χ1v) is 11.6. The van der Waals surface area contributed by atoms with Crippen LogP contribution in [-0.2, 0) is 31.9 Å². The number of carboxylic acids is 1. The molecule has 0 aromatic heterocycles. The summed E-state index contributed by atoms with van der Waals surface area (Å²) in [5.41, 5.74) is 2.19. The molecule has 1 aromatic rings. The van der Waals surface area contributed by atoms with E-state index in [1.54, 1.807) is 14.2 Å². The number of fused-ring (bicyclic) bond motifs is 2. The van der Waals surface area contributed by atoms with Crippen LogP contribution in [0, 0.1) is 22.7 Å². The van der Waals surface area contributed by atoms with Crippen LogP contribution in [0.25, 0.3) is 0 Å². The van der Waals surface area contributed by atoms with Gasteiger partial charge in [0.25, 0.3) is 0 Å². The smallest absolute Gasteiger partial charge is 0.341 e. The van der Waals surface area contributed by atoms with Crippen LogP contribution < -0.4 is 10.1 Å². The molecule has 9 nitrogen and oxygen atoms in total. The summed E-state index contributed by atoms with van der Waals surface area (Å²) in [7, 11) is 3.36. The predicted octanol–water partition coefficient (Wildman–Crippen LogP) is 2.93. The molecule has 33 heavy (non-hydrogen) atoms. The van der Waals surface area contributed by atoms with E-state index >= 15 is 0 Å². The van der Waals surface area contributed by atoms with Gasteiger partial charge in [-0.3, -0.25) is 10.1 Å². The molecule has 0 aliphatic heterocycles. The number of ether oxygens (including phenoxy) is 3. The number of nitrogens with zero attached hydrogens (tertiary/aromatic N) is 1. The maximum absolute atomic E-state index is 12.1. The second-order valence-electron chi connectivity index (χ2n) is 8.92. The Morgan fingerprint density at radius 3 is 2.82 bits per heavy atom. The van der Waals surface area contributed by atoms with E-state index in [2.05, 4.69) is 16.6 Å². The third kappa shape index (κ3) is 6.51. The van der Waals surface area contributed by atoms with E-state index in [-0.39, 0.29) is 24.5 Å². The van der Waals surface area contributed by atoms with Gasteiger partial charge in [0.1, 0.15) is 5.75 Å². The van der Waals surface area contributed by atoms with Gasteiger partial charge < -0.3 is 19.3 Å². The molecule has 0 spiro atoms. The van der Waals surface area contributed by atoms with Crippen molar-refractivity contribution < 1.29 is 28.9 Å². The van der Waals surface area contributed by atoms with Crippen LogP contribution in [0.15, 0.2) is 23.4 Å². The van der Waals surface area contributed by atoms with Crippen molar-refractivity contribution in [3.63, 3.8) is 0 Å². The van der Waals surface area contributed by atoms with Crippen molar-refractivity contribution in [2.45, 2.75) is 57.2 Å². The highest BCUT2D eigenvalue weighted by Crippen LogP contribution is 2.49. The topological polar surface area (TPSA) is 124 Å². The summed E-state index contributed by atoms with van der Waals surface area (Å²) < 4.78 is 16.0. The number of aliphatic carboxylic acids is 1. The first-order chi connectivity index (χ1) is 16.0. The second kappa shape index (κ2) is 12.1. The maximum Gasteiger partial charge on any atom is 0.341 e. The second-order valence-corrected chi connectivity index (χ2v) is 8.92. The van der Waals surface area contributed by atoms with Crippen molar-refractivity contribution in [2.75, 3.05) is 27.4 Å². The quantitative estimate of drug-likeness (QED) is 0.198. The highest BCUT2D eigenvalue weighted by Gasteiger charge is 2.46. The molecular formula is C24H34N2O7. The van der Waals surface area contributed by atoms with Gasteiger partial charge in [0.2, 0.25) is 0 Å². The fourth-order valence-electron chi connectivity index (χ4n) is 5.38. The fourth-order valence-corrected chi connectivity index (χ4v) is 5.38. The molecule has 5 unspecified atom stereocenters. The van der Waals surface area contributed by atoms with Crippen molar-refractivity contribution >= 4 is 11.9 Å². The molecule has 0 bridgehead atoms. The number of methoxy groups -OCH3 is 1. The van der Waals surface area contributed by atoms with E-state index in [1.807, 2.05) is 12.1 Å². The molecule has 2 aliphatic rings. The Hall–Kier alpha value is -2.52. The van der Waals surface area contributed by atoms with Crippen LogP contribution >= 0.6 is 0 Å². The fraction of sp³-hybridized carbons (Fsp3) is 0.667. The summed E-state index contributed by atoms with van der Waals surface area (Å²) in [6, 6.07) is 5.47. The monoisotopic (exact) mass is 462 g/mol. The van der Waals surface area contributed by atoms with Crippen molar-refractivity contribution in [3.8, 4) is 5.75 Å². The third-order valence-corrected chi connectivity index (χ3v) is 6.92. The molecule has 1 aromatic carbocycles. The number of benzene rings is 1. The molecule has 1 saturated carbocycles. The first-order valence-electron chi connectivity index (χ1n) is 11.6. The number of esters is 1. The zero-order valence-electron chi connectivity index (χ0n) is 19.3.